The Balaban J connectivity index is 2.47. The Hall–Kier alpha value is -2.11. The third-order valence-electron chi connectivity index (χ3n) is 4.92. The van der Waals surface area contributed by atoms with Gasteiger partial charge in [-0.1, -0.05) is 23.3 Å². The molecule has 2 aliphatic rings. The number of hydrogen-bond acceptors (Lipinski definition) is 6. The Kier molecular flexibility index (Phi) is 4.92. The molecular formula is C17H22O6. The van der Waals surface area contributed by atoms with Crippen molar-refractivity contribution < 1.29 is 28.6 Å². The maximum absolute atomic E-state index is 12.3. The molecule has 126 valence electrons. The molecule has 0 saturated heterocycles. The Bertz CT molecular complexity index is 570. The van der Waals surface area contributed by atoms with Gasteiger partial charge in [0.05, 0.1) is 27.2 Å². The summed E-state index contributed by atoms with van der Waals surface area (Å²) in [5.74, 6) is -1.97. The van der Waals surface area contributed by atoms with Crippen LogP contribution < -0.4 is 0 Å². The second-order valence-corrected chi connectivity index (χ2v) is 6.00. The second kappa shape index (κ2) is 6.56. The first-order chi connectivity index (χ1) is 10.9. The van der Waals surface area contributed by atoms with E-state index >= 15 is 0 Å². The molecule has 0 aliphatic heterocycles. The molecule has 1 fully saturated rings. The van der Waals surface area contributed by atoms with Gasteiger partial charge >= 0.3 is 17.9 Å². The van der Waals surface area contributed by atoms with Gasteiger partial charge in [-0.05, 0) is 32.1 Å². The van der Waals surface area contributed by atoms with Gasteiger partial charge < -0.3 is 14.2 Å². The van der Waals surface area contributed by atoms with E-state index in [-0.39, 0.29) is 24.2 Å². The zero-order chi connectivity index (χ0) is 17.2. The van der Waals surface area contributed by atoms with E-state index in [1.807, 2.05) is 19.1 Å². The molecule has 0 radical (unpaired) electrons. The van der Waals surface area contributed by atoms with E-state index < -0.39 is 17.4 Å². The van der Waals surface area contributed by atoms with Gasteiger partial charge in [0.1, 0.15) is 0 Å². The lowest BCUT2D eigenvalue weighted by Crippen LogP contribution is -2.39. The summed E-state index contributed by atoms with van der Waals surface area (Å²) in [6, 6.07) is 0. The SMILES string of the molecule is COC(=O)[C@@H]1CC=C[C@H]2CC(C(=O)OC)(C(=O)OC)CC2=C1C. The highest BCUT2D eigenvalue weighted by Gasteiger charge is 2.55. The number of ether oxygens (including phenoxy) is 3. The molecule has 0 aromatic carbocycles. The predicted molar refractivity (Wildman–Crippen MR) is 81.2 cm³/mol. The Labute approximate surface area is 135 Å². The number of carbonyl (C=O) groups excluding carboxylic acids is 3. The number of fused-ring (bicyclic) bond motifs is 1. The first kappa shape index (κ1) is 17.2. The van der Waals surface area contributed by atoms with E-state index in [0.29, 0.717) is 12.8 Å². The maximum atomic E-state index is 12.3. The summed E-state index contributed by atoms with van der Waals surface area (Å²) in [4.78, 5) is 36.6. The third-order valence-corrected chi connectivity index (χ3v) is 4.92. The normalized spacial score (nSPS) is 25.4. The number of carbonyl (C=O) groups is 3. The number of allylic oxidation sites excluding steroid dienone is 3. The van der Waals surface area contributed by atoms with E-state index in [2.05, 4.69) is 0 Å². The van der Waals surface area contributed by atoms with Crippen LogP contribution in [0.5, 0.6) is 0 Å². The van der Waals surface area contributed by atoms with Crippen molar-refractivity contribution in [1.29, 1.82) is 0 Å². The van der Waals surface area contributed by atoms with Crippen molar-refractivity contribution in [3.8, 4) is 0 Å². The monoisotopic (exact) mass is 322 g/mol. The van der Waals surface area contributed by atoms with Crippen LogP contribution in [0.15, 0.2) is 23.3 Å². The van der Waals surface area contributed by atoms with E-state index in [9.17, 15) is 14.4 Å². The fourth-order valence-corrected chi connectivity index (χ4v) is 3.62. The molecule has 2 aliphatic carbocycles. The molecule has 0 aromatic rings. The van der Waals surface area contributed by atoms with Crippen LogP contribution in [0.1, 0.15) is 26.2 Å². The summed E-state index contributed by atoms with van der Waals surface area (Å²) >= 11 is 0. The molecule has 2 atom stereocenters. The van der Waals surface area contributed by atoms with Gasteiger partial charge in [0, 0.05) is 0 Å². The van der Waals surface area contributed by atoms with E-state index in [0.717, 1.165) is 11.1 Å². The number of rotatable bonds is 3. The lowest BCUT2D eigenvalue weighted by Gasteiger charge is -2.23. The van der Waals surface area contributed by atoms with Gasteiger partial charge in [0.15, 0.2) is 5.41 Å². The highest BCUT2D eigenvalue weighted by atomic mass is 16.5. The molecular weight excluding hydrogens is 300 g/mol. The molecule has 23 heavy (non-hydrogen) atoms. The lowest BCUT2D eigenvalue weighted by atomic mass is 9.84. The van der Waals surface area contributed by atoms with Crippen molar-refractivity contribution in [3.05, 3.63) is 23.3 Å². The minimum Gasteiger partial charge on any atom is -0.469 e. The summed E-state index contributed by atoms with van der Waals surface area (Å²) < 4.78 is 14.6. The number of esters is 3. The smallest absolute Gasteiger partial charge is 0.323 e. The second-order valence-electron chi connectivity index (χ2n) is 6.00. The van der Waals surface area contributed by atoms with Crippen molar-refractivity contribution in [2.75, 3.05) is 21.3 Å². The Morgan fingerprint density at radius 2 is 1.70 bits per heavy atom. The molecule has 6 heteroatoms. The molecule has 0 unspecified atom stereocenters. The molecule has 0 N–H and O–H groups in total. The quantitative estimate of drug-likeness (QED) is 0.341. The van der Waals surface area contributed by atoms with Crippen molar-refractivity contribution in [2.24, 2.45) is 17.3 Å². The van der Waals surface area contributed by atoms with Crippen LogP contribution in [-0.4, -0.2) is 39.2 Å². The molecule has 0 amide bonds. The van der Waals surface area contributed by atoms with Crippen LogP contribution in [0.3, 0.4) is 0 Å². The van der Waals surface area contributed by atoms with Gasteiger partial charge in [0.2, 0.25) is 0 Å². The van der Waals surface area contributed by atoms with Gasteiger partial charge in [-0.15, -0.1) is 0 Å². The molecule has 0 heterocycles. The first-order valence-electron chi connectivity index (χ1n) is 7.52. The van der Waals surface area contributed by atoms with E-state index in [4.69, 9.17) is 14.2 Å². The zero-order valence-corrected chi connectivity index (χ0v) is 13.9. The first-order valence-corrected chi connectivity index (χ1v) is 7.52. The minimum absolute atomic E-state index is 0.0807. The summed E-state index contributed by atoms with van der Waals surface area (Å²) in [6.07, 6.45) is 4.93. The van der Waals surface area contributed by atoms with Gasteiger partial charge in [0.25, 0.3) is 0 Å². The zero-order valence-electron chi connectivity index (χ0n) is 13.9. The Morgan fingerprint density at radius 3 is 2.22 bits per heavy atom. The standard InChI is InChI=1S/C17H22O6/c1-10-12(14(18)21-2)7-5-6-11-8-17(9-13(10)11,15(19)22-3)16(20)23-4/h5-6,11-12H,7-9H2,1-4H3/t11-,12+/m0/s1. The van der Waals surface area contributed by atoms with Crippen molar-refractivity contribution in [2.45, 2.75) is 26.2 Å². The average Bonchev–Trinajstić information content (AvgIpc) is 2.90. The third kappa shape index (κ3) is 2.78. The van der Waals surface area contributed by atoms with Crippen LogP contribution in [0.2, 0.25) is 0 Å². The van der Waals surface area contributed by atoms with Crippen LogP contribution >= 0.6 is 0 Å². The van der Waals surface area contributed by atoms with Crippen LogP contribution in [0.25, 0.3) is 0 Å². The van der Waals surface area contributed by atoms with Crippen molar-refractivity contribution in [1.82, 2.24) is 0 Å². The number of methoxy groups -OCH3 is 3. The summed E-state index contributed by atoms with van der Waals surface area (Å²) in [5.41, 5.74) is 0.444. The largest absolute Gasteiger partial charge is 0.469 e. The maximum Gasteiger partial charge on any atom is 0.323 e. The van der Waals surface area contributed by atoms with Crippen molar-refractivity contribution >= 4 is 17.9 Å². The van der Waals surface area contributed by atoms with E-state index in [1.54, 1.807) is 0 Å². The van der Waals surface area contributed by atoms with Gasteiger partial charge in [-0.3, -0.25) is 14.4 Å². The average molecular weight is 322 g/mol. The molecule has 6 nitrogen and oxygen atoms in total. The lowest BCUT2D eigenvalue weighted by molar-refractivity contribution is -0.168. The molecule has 0 aromatic heterocycles. The molecule has 1 saturated carbocycles. The van der Waals surface area contributed by atoms with Crippen LogP contribution in [-0.2, 0) is 28.6 Å². The van der Waals surface area contributed by atoms with Gasteiger partial charge in [-0.25, -0.2) is 0 Å². The number of hydrogen-bond donors (Lipinski definition) is 0. The van der Waals surface area contributed by atoms with E-state index in [1.165, 1.54) is 21.3 Å². The highest BCUT2D eigenvalue weighted by molar-refractivity contribution is 6.01. The Morgan fingerprint density at radius 1 is 1.09 bits per heavy atom. The fourth-order valence-electron chi connectivity index (χ4n) is 3.62. The van der Waals surface area contributed by atoms with Crippen molar-refractivity contribution in [3.63, 3.8) is 0 Å². The topological polar surface area (TPSA) is 78.9 Å². The van der Waals surface area contributed by atoms with Crippen LogP contribution in [0.4, 0.5) is 0 Å². The summed E-state index contributed by atoms with van der Waals surface area (Å²) in [7, 11) is 3.87. The molecule has 0 bridgehead atoms. The highest BCUT2D eigenvalue weighted by Crippen LogP contribution is 2.50. The van der Waals surface area contributed by atoms with Gasteiger partial charge in [-0.2, -0.15) is 0 Å². The molecule has 2 rings (SSSR count). The predicted octanol–water partition coefficient (Wildman–Crippen LogP) is 1.79. The summed E-state index contributed by atoms with van der Waals surface area (Å²) in [6.45, 7) is 1.86. The molecule has 0 spiro atoms. The fraction of sp³-hybridized carbons (Fsp3) is 0.588. The van der Waals surface area contributed by atoms with Crippen LogP contribution in [0, 0.1) is 17.3 Å². The minimum atomic E-state index is -1.34. The summed E-state index contributed by atoms with van der Waals surface area (Å²) in [5, 5.41) is 0.